The Morgan fingerprint density at radius 3 is 2.96 bits per heavy atom. The molecular formula is C16H13N3O3S. The highest BCUT2D eigenvalue weighted by atomic mass is 32.1. The van der Waals surface area contributed by atoms with Gasteiger partial charge >= 0.3 is 0 Å². The van der Waals surface area contributed by atoms with E-state index >= 15 is 0 Å². The van der Waals surface area contributed by atoms with E-state index in [4.69, 9.17) is 9.26 Å². The lowest BCUT2D eigenvalue weighted by Crippen LogP contribution is -2.35. The summed E-state index contributed by atoms with van der Waals surface area (Å²) in [4.78, 5) is 18.5. The van der Waals surface area contributed by atoms with Gasteiger partial charge in [0.25, 0.3) is 11.1 Å². The van der Waals surface area contributed by atoms with E-state index in [2.05, 4.69) is 10.1 Å². The molecule has 3 aromatic rings. The smallest absolute Gasteiger partial charge is 0.278 e. The van der Waals surface area contributed by atoms with E-state index in [1.165, 1.54) is 11.3 Å². The second-order valence-corrected chi connectivity index (χ2v) is 6.03. The Labute approximate surface area is 136 Å². The van der Waals surface area contributed by atoms with E-state index in [1.807, 2.05) is 5.38 Å². The second kappa shape index (κ2) is 5.85. The predicted octanol–water partition coefficient (Wildman–Crippen LogP) is 3.12. The Morgan fingerprint density at radius 2 is 2.17 bits per heavy atom. The number of carbonyl (C=O) groups excluding carboxylic acids is 1. The quantitative estimate of drug-likeness (QED) is 0.739. The zero-order chi connectivity index (χ0) is 15.6. The highest BCUT2D eigenvalue weighted by molar-refractivity contribution is 7.11. The van der Waals surface area contributed by atoms with Gasteiger partial charge in [0.05, 0.1) is 12.7 Å². The van der Waals surface area contributed by atoms with E-state index in [0.717, 1.165) is 11.3 Å². The largest absolute Gasteiger partial charge is 0.431 e. The molecule has 3 heterocycles. The fraction of sp³-hybridized carbons (Fsp3) is 0.188. The van der Waals surface area contributed by atoms with Crippen molar-refractivity contribution in [3.8, 4) is 10.9 Å². The van der Waals surface area contributed by atoms with Crippen LogP contribution in [0, 0.1) is 0 Å². The lowest BCUT2D eigenvalue weighted by molar-refractivity contribution is 0.0729. The van der Waals surface area contributed by atoms with Crippen LogP contribution in [0.4, 0.5) is 0 Å². The van der Waals surface area contributed by atoms with E-state index in [-0.39, 0.29) is 5.91 Å². The first kappa shape index (κ1) is 14.0. The second-order valence-electron chi connectivity index (χ2n) is 5.18. The molecule has 1 aromatic carbocycles. The molecule has 0 N–H and O–H groups in total. The van der Waals surface area contributed by atoms with Crippen LogP contribution < -0.4 is 4.74 Å². The molecule has 0 saturated carbocycles. The summed E-state index contributed by atoms with van der Waals surface area (Å²) in [6.07, 6.45) is 4.07. The number of carbonyl (C=O) groups is 1. The summed E-state index contributed by atoms with van der Waals surface area (Å²) < 4.78 is 10.7. The van der Waals surface area contributed by atoms with Crippen LogP contribution in [-0.2, 0) is 13.0 Å². The first-order valence-electron chi connectivity index (χ1n) is 7.19. The van der Waals surface area contributed by atoms with Crippen molar-refractivity contribution >= 4 is 17.2 Å². The van der Waals surface area contributed by atoms with Crippen molar-refractivity contribution in [1.82, 2.24) is 15.0 Å². The van der Waals surface area contributed by atoms with Gasteiger partial charge in [-0.2, -0.15) is 0 Å². The van der Waals surface area contributed by atoms with E-state index < -0.39 is 0 Å². The molecule has 0 fully saturated rings. The maximum absolute atomic E-state index is 12.6. The molecule has 0 radical (unpaired) electrons. The summed E-state index contributed by atoms with van der Waals surface area (Å²) >= 11 is 1.42. The zero-order valence-electron chi connectivity index (χ0n) is 12.1. The summed E-state index contributed by atoms with van der Waals surface area (Å²) in [5.41, 5.74) is 1.62. The summed E-state index contributed by atoms with van der Waals surface area (Å²) in [6, 6.07) is 7.11. The Morgan fingerprint density at radius 1 is 1.30 bits per heavy atom. The number of rotatable bonds is 3. The number of amides is 1. The zero-order valence-corrected chi connectivity index (χ0v) is 13.0. The molecule has 7 heteroatoms. The maximum Gasteiger partial charge on any atom is 0.278 e. The molecule has 0 saturated heterocycles. The lowest BCUT2D eigenvalue weighted by Gasteiger charge is -2.25. The molecule has 0 atom stereocenters. The van der Waals surface area contributed by atoms with Gasteiger partial charge < -0.3 is 14.2 Å². The fourth-order valence-electron chi connectivity index (χ4n) is 2.52. The molecular weight excluding hydrogens is 314 g/mol. The summed E-state index contributed by atoms with van der Waals surface area (Å²) in [7, 11) is 0. The van der Waals surface area contributed by atoms with Gasteiger partial charge in [-0.1, -0.05) is 16.5 Å². The molecule has 1 amide bonds. The molecule has 4 rings (SSSR count). The molecule has 0 bridgehead atoms. The number of fused-ring (bicyclic) bond motifs is 1. The molecule has 0 aliphatic carbocycles. The Hall–Kier alpha value is -2.67. The monoisotopic (exact) mass is 327 g/mol. The van der Waals surface area contributed by atoms with Crippen LogP contribution in [0.25, 0.3) is 0 Å². The third-order valence-electron chi connectivity index (χ3n) is 3.70. The van der Waals surface area contributed by atoms with Crippen molar-refractivity contribution in [2.75, 3.05) is 6.54 Å². The van der Waals surface area contributed by atoms with Crippen LogP contribution in [0.15, 0.2) is 46.6 Å². The fourth-order valence-corrected chi connectivity index (χ4v) is 3.03. The number of nitrogens with zero attached hydrogens (tertiary/aromatic N) is 3. The number of thiazole rings is 1. The van der Waals surface area contributed by atoms with Gasteiger partial charge in [0.2, 0.25) is 0 Å². The van der Waals surface area contributed by atoms with Gasteiger partial charge in [0.15, 0.2) is 0 Å². The van der Waals surface area contributed by atoms with Crippen molar-refractivity contribution in [1.29, 1.82) is 0 Å². The van der Waals surface area contributed by atoms with Crippen molar-refractivity contribution < 1.29 is 14.1 Å². The molecule has 23 heavy (non-hydrogen) atoms. The van der Waals surface area contributed by atoms with Gasteiger partial charge in [-0.25, -0.2) is 4.98 Å². The average Bonchev–Trinajstić information content (AvgIpc) is 3.25. The Balaban J connectivity index is 1.46. The summed E-state index contributed by atoms with van der Waals surface area (Å²) in [6.45, 7) is 1.17. The van der Waals surface area contributed by atoms with Crippen LogP contribution in [0.2, 0.25) is 0 Å². The number of hydrogen-bond donors (Lipinski definition) is 0. The molecule has 0 spiro atoms. The van der Waals surface area contributed by atoms with Crippen molar-refractivity contribution in [2.45, 2.75) is 13.0 Å². The lowest BCUT2D eigenvalue weighted by atomic mass is 10.1. The van der Waals surface area contributed by atoms with Gasteiger partial charge in [-0.15, -0.1) is 0 Å². The number of benzene rings is 1. The van der Waals surface area contributed by atoms with Gasteiger partial charge in [-0.05, 0) is 24.3 Å². The van der Waals surface area contributed by atoms with E-state index in [9.17, 15) is 4.79 Å². The van der Waals surface area contributed by atoms with Crippen molar-refractivity contribution in [3.05, 3.63) is 58.9 Å². The minimum Gasteiger partial charge on any atom is -0.431 e. The van der Waals surface area contributed by atoms with E-state index in [1.54, 1.807) is 41.6 Å². The summed E-state index contributed by atoms with van der Waals surface area (Å²) in [5.74, 6) is 1.54. The average molecular weight is 327 g/mol. The van der Waals surface area contributed by atoms with Crippen LogP contribution in [0.3, 0.4) is 0 Å². The topological polar surface area (TPSA) is 68.5 Å². The molecule has 0 unspecified atom stereocenters. The van der Waals surface area contributed by atoms with Crippen molar-refractivity contribution in [3.63, 3.8) is 0 Å². The highest BCUT2D eigenvalue weighted by Gasteiger charge is 2.24. The minimum absolute atomic E-state index is 0.00218. The van der Waals surface area contributed by atoms with Crippen molar-refractivity contribution in [2.24, 2.45) is 0 Å². The van der Waals surface area contributed by atoms with Crippen LogP contribution in [0.5, 0.6) is 10.9 Å². The van der Waals surface area contributed by atoms with Crippen LogP contribution in [-0.4, -0.2) is 27.5 Å². The van der Waals surface area contributed by atoms with Gasteiger partial charge in [0, 0.05) is 35.7 Å². The number of aromatic nitrogens is 2. The van der Waals surface area contributed by atoms with E-state index in [0.29, 0.717) is 36.0 Å². The molecule has 2 aromatic heterocycles. The maximum atomic E-state index is 12.6. The standard InChI is InChI=1S/C16H13N3O3S/c20-15(19-7-5-14-12(10-19)9-18-22-14)11-1-3-13(4-2-11)21-16-17-6-8-23-16/h1-4,6,8-9H,5,7,10H2. The highest BCUT2D eigenvalue weighted by Crippen LogP contribution is 2.25. The molecule has 116 valence electrons. The molecule has 1 aliphatic heterocycles. The third kappa shape index (κ3) is 2.83. The molecule has 6 nitrogen and oxygen atoms in total. The van der Waals surface area contributed by atoms with Crippen LogP contribution >= 0.6 is 11.3 Å². The Bertz CT molecular complexity index is 811. The minimum atomic E-state index is -0.00218. The first-order valence-corrected chi connectivity index (χ1v) is 8.07. The van der Waals surface area contributed by atoms with Gasteiger partial charge in [-0.3, -0.25) is 4.79 Å². The first-order chi connectivity index (χ1) is 11.3. The SMILES string of the molecule is O=C(c1ccc(Oc2nccs2)cc1)N1CCc2oncc2C1. The summed E-state index contributed by atoms with van der Waals surface area (Å²) in [5, 5.41) is 6.22. The van der Waals surface area contributed by atoms with Gasteiger partial charge in [0.1, 0.15) is 11.5 Å². The Kier molecular flexibility index (Phi) is 3.55. The number of hydrogen-bond acceptors (Lipinski definition) is 6. The third-order valence-corrected chi connectivity index (χ3v) is 4.35. The molecule has 1 aliphatic rings. The number of ether oxygens (including phenoxy) is 1. The predicted molar refractivity (Wildman–Crippen MR) is 83.6 cm³/mol. The normalized spacial score (nSPS) is 13.7. The van der Waals surface area contributed by atoms with Crippen LogP contribution in [0.1, 0.15) is 21.7 Å².